The minimum atomic E-state index is -0.700. The van der Waals surface area contributed by atoms with E-state index in [2.05, 4.69) is 49.3 Å². The lowest BCUT2D eigenvalue weighted by molar-refractivity contribution is 1.72. The van der Waals surface area contributed by atoms with Crippen molar-refractivity contribution in [1.82, 2.24) is 0 Å². The van der Waals surface area contributed by atoms with Crippen molar-refractivity contribution < 1.29 is 0 Å². The summed E-state index contributed by atoms with van der Waals surface area (Å²) in [4.78, 5) is 0. The molecule has 1 radical (unpaired) electrons. The summed E-state index contributed by atoms with van der Waals surface area (Å²) in [5, 5.41) is 1.31. The van der Waals surface area contributed by atoms with Gasteiger partial charge >= 0.3 is 0 Å². The monoisotopic (exact) mass is 289 g/mol. The fourth-order valence-electron chi connectivity index (χ4n) is 0.847. The Balaban J connectivity index is 3.12. The summed E-state index contributed by atoms with van der Waals surface area (Å²) < 4.78 is 0. The van der Waals surface area contributed by atoms with Crippen molar-refractivity contribution in [2.45, 2.75) is 0 Å². The molecule has 0 aliphatic rings. The van der Waals surface area contributed by atoms with Crippen molar-refractivity contribution in [2.24, 2.45) is 0 Å². The molecule has 0 nitrogen and oxygen atoms in total. The maximum absolute atomic E-state index is 3.75. The molecule has 0 fully saturated rings. The fourth-order valence-corrected chi connectivity index (χ4v) is 3.64. The maximum atomic E-state index is 3.75. The van der Waals surface area contributed by atoms with E-state index in [4.69, 9.17) is 0 Å². The van der Waals surface area contributed by atoms with E-state index in [-0.39, 0.29) is 0 Å². The van der Waals surface area contributed by atoms with Crippen molar-refractivity contribution in [2.75, 3.05) is 0 Å². The Morgan fingerprint density at radius 1 is 1.27 bits per heavy atom. The predicted octanol–water partition coefficient (Wildman–Crippen LogP) is 2.81. The average Bonchev–Trinajstić information content (AvgIpc) is 2.04. The van der Waals surface area contributed by atoms with Crippen LogP contribution < -0.4 is 5.19 Å². The highest BCUT2D eigenvalue weighted by molar-refractivity contribution is 9.49. The second kappa shape index (κ2) is 4.23. The quantitative estimate of drug-likeness (QED) is 0.580. The summed E-state index contributed by atoms with van der Waals surface area (Å²) in [6.45, 7) is 3.75. The second-order valence-corrected chi connectivity index (χ2v) is 11.1. The Kier molecular flexibility index (Phi) is 3.55. The van der Waals surface area contributed by atoms with Crippen LogP contribution in [0.25, 0.3) is 6.08 Å². The molecular formula is C8H7Br2Si. The number of hydrogen-bond donors (Lipinski definition) is 0. The molecule has 0 spiro atoms. The van der Waals surface area contributed by atoms with Gasteiger partial charge in [-0.1, -0.05) is 36.9 Å². The maximum Gasteiger partial charge on any atom is 0.249 e. The Morgan fingerprint density at radius 3 is 2.36 bits per heavy atom. The summed E-state index contributed by atoms with van der Waals surface area (Å²) in [5.41, 5.74) is 1.20. The van der Waals surface area contributed by atoms with Gasteiger partial charge in [-0.15, -0.1) is 30.6 Å². The van der Waals surface area contributed by atoms with Crippen molar-refractivity contribution in [1.29, 1.82) is 0 Å². The van der Waals surface area contributed by atoms with Crippen LogP contribution in [-0.4, -0.2) is 6.04 Å². The Morgan fingerprint density at radius 2 is 1.91 bits per heavy atom. The van der Waals surface area contributed by atoms with E-state index in [1.807, 2.05) is 18.2 Å². The summed E-state index contributed by atoms with van der Waals surface area (Å²) in [6, 6.07) is 7.53. The molecule has 0 atom stereocenters. The predicted molar refractivity (Wildman–Crippen MR) is 59.8 cm³/mol. The van der Waals surface area contributed by atoms with Gasteiger partial charge in [0.15, 0.2) is 0 Å². The lowest BCUT2D eigenvalue weighted by Crippen LogP contribution is -2.19. The molecule has 0 bridgehead atoms. The van der Waals surface area contributed by atoms with E-state index in [1.54, 1.807) is 0 Å². The first-order valence-corrected chi connectivity index (χ1v) is 9.17. The summed E-state index contributed by atoms with van der Waals surface area (Å²) in [7, 11) is 0. The molecule has 0 amide bonds. The van der Waals surface area contributed by atoms with Gasteiger partial charge < -0.3 is 0 Å². The number of benzene rings is 1. The minimum Gasteiger partial charge on any atom is -0.106 e. The number of hydrogen-bond acceptors (Lipinski definition) is 0. The molecule has 3 heteroatoms. The molecule has 1 aromatic rings. The normalized spacial score (nSPS) is 10.1. The van der Waals surface area contributed by atoms with Gasteiger partial charge in [-0.2, -0.15) is 0 Å². The van der Waals surface area contributed by atoms with Crippen LogP contribution in [0, 0.1) is 0 Å². The largest absolute Gasteiger partial charge is 0.249 e. The molecule has 0 N–H and O–H groups in total. The van der Waals surface area contributed by atoms with E-state index < -0.39 is 6.04 Å². The van der Waals surface area contributed by atoms with Crippen molar-refractivity contribution >= 4 is 47.9 Å². The van der Waals surface area contributed by atoms with Gasteiger partial charge in [0.05, 0.1) is 0 Å². The number of halogens is 2. The van der Waals surface area contributed by atoms with Crippen LogP contribution in [0.3, 0.4) is 0 Å². The molecular weight excluding hydrogens is 284 g/mol. The third-order valence-electron chi connectivity index (χ3n) is 1.38. The molecule has 1 rings (SSSR count). The molecule has 11 heavy (non-hydrogen) atoms. The van der Waals surface area contributed by atoms with Crippen LogP contribution in [0.1, 0.15) is 5.56 Å². The third kappa shape index (κ3) is 2.29. The molecule has 0 aliphatic carbocycles. The Hall–Kier alpha value is 0.137. The fraction of sp³-hybridized carbons (Fsp3) is 0. The highest BCUT2D eigenvalue weighted by Crippen LogP contribution is 2.07. The number of rotatable bonds is 2. The SMILES string of the molecule is C=Cc1ccccc1[Si](Br)Br. The Labute approximate surface area is 84.1 Å². The zero-order chi connectivity index (χ0) is 8.27. The molecule has 0 aliphatic heterocycles. The van der Waals surface area contributed by atoms with Crippen LogP contribution in [0.2, 0.25) is 0 Å². The van der Waals surface area contributed by atoms with Crippen LogP contribution in [0.4, 0.5) is 0 Å². The van der Waals surface area contributed by atoms with Crippen LogP contribution in [0.5, 0.6) is 0 Å². The highest BCUT2D eigenvalue weighted by Gasteiger charge is 2.07. The van der Waals surface area contributed by atoms with E-state index >= 15 is 0 Å². The van der Waals surface area contributed by atoms with E-state index in [9.17, 15) is 0 Å². The molecule has 1 aromatic carbocycles. The lowest BCUT2D eigenvalue weighted by Gasteiger charge is -2.03. The van der Waals surface area contributed by atoms with Gasteiger partial charge in [0, 0.05) is 0 Å². The molecule has 57 valence electrons. The first-order chi connectivity index (χ1) is 5.25. The van der Waals surface area contributed by atoms with Gasteiger partial charge in [-0.05, 0) is 10.8 Å². The van der Waals surface area contributed by atoms with Gasteiger partial charge in [-0.25, -0.2) is 0 Å². The summed E-state index contributed by atoms with van der Waals surface area (Å²) in [5.74, 6) is 0. The second-order valence-electron chi connectivity index (χ2n) is 2.05. The van der Waals surface area contributed by atoms with Crippen LogP contribution in [-0.2, 0) is 0 Å². The standard InChI is InChI=1S/C8H7Br2Si/c1-2-7-5-3-4-6-8(7)11(9)10/h2-6H,1H2. The Bertz CT molecular complexity index is 258. The van der Waals surface area contributed by atoms with Gasteiger partial charge in [0.2, 0.25) is 6.04 Å². The first kappa shape index (κ1) is 9.23. The molecule has 0 unspecified atom stereocenters. The highest BCUT2D eigenvalue weighted by atomic mass is 79.9. The molecule has 0 heterocycles. The average molecular weight is 291 g/mol. The zero-order valence-electron chi connectivity index (χ0n) is 5.85. The smallest absolute Gasteiger partial charge is 0.106 e. The van der Waals surface area contributed by atoms with E-state index in [0.29, 0.717) is 0 Å². The van der Waals surface area contributed by atoms with E-state index in [0.717, 1.165) is 0 Å². The van der Waals surface area contributed by atoms with Crippen LogP contribution >= 0.6 is 30.6 Å². The molecule has 0 saturated carbocycles. The summed E-state index contributed by atoms with van der Waals surface area (Å²) >= 11 is 7.09. The van der Waals surface area contributed by atoms with Crippen molar-refractivity contribution in [3.63, 3.8) is 0 Å². The lowest BCUT2D eigenvalue weighted by atomic mass is 10.2. The molecule has 0 aromatic heterocycles. The van der Waals surface area contributed by atoms with Crippen molar-refractivity contribution in [3.05, 3.63) is 36.4 Å². The molecule has 0 saturated heterocycles. The zero-order valence-corrected chi connectivity index (χ0v) is 10.0. The van der Waals surface area contributed by atoms with Crippen LogP contribution in [0.15, 0.2) is 30.8 Å². The van der Waals surface area contributed by atoms with Gasteiger partial charge in [-0.3, -0.25) is 0 Å². The minimum absolute atomic E-state index is 0.700. The van der Waals surface area contributed by atoms with Crippen molar-refractivity contribution in [3.8, 4) is 0 Å². The topological polar surface area (TPSA) is 0 Å². The summed E-state index contributed by atoms with van der Waals surface area (Å²) in [6.07, 6.45) is 1.88. The van der Waals surface area contributed by atoms with Gasteiger partial charge in [0.1, 0.15) is 0 Å². The first-order valence-electron chi connectivity index (χ1n) is 3.15. The van der Waals surface area contributed by atoms with E-state index in [1.165, 1.54) is 10.8 Å². The van der Waals surface area contributed by atoms with Gasteiger partial charge in [0.25, 0.3) is 0 Å². The third-order valence-corrected chi connectivity index (χ3v) is 4.81.